The Hall–Kier alpha value is -0.0800. The van der Waals surface area contributed by atoms with Crippen molar-refractivity contribution in [2.24, 2.45) is 5.92 Å². The number of hydrogen-bond acceptors (Lipinski definition) is 2. The fraction of sp³-hybridized carbons (Fsp3) is 1.00. The molecule has 0 aromatic heterocycles. The first-order valence-electron chi connectivity index (χ1n) is 8.51. The van der Waals surface area contributed by atoms with Crippen LogP contribution in [0.1, 0.15) is 78.6 Å². The second-order valence-electron chi connectivity index (χ2n) is 7.30. The molecule has 2 fully saturated rings. The van der Waals surface area contributed by atoms with Crippen LogP contribution >= 0.6 is 0 Å². The number of ether oxygens (including phenoxy) is 1. The summed E-state index contributed by atoms with van der Waals surface area (Å²) in [5, 5.41) is 3.68. The van der Waals surface area contributed by atoms with Gasteiger partial charge in [0, 0.05) is 12.6 Å². The van der Waals surface area contributed by atoms with Gasteiger partial charge in [-0.05, 0) is 44.9 Å². The number of hydrogen-bond donors (Lipinski definition) is 1. The topological polar surface area (TPSA) is 21.3 Å². The Labute approximate surface area is 119 Å². The fourth-order valence-electron chi connectivity index (χ4n) is 3.69. The Bertz CT molecular complexity index is 258. The van der Waals surface area contributed by atoms with E-state index in [2.05, 4.69) is 26.1 Å². The molecule has 0 radical (unpaired) electrons. The largest absolute Gasteiger partial charge is 0.370 e. The van der Waals surface area contributed by atoms with Gasteiger partial charge in [-0.1, -0.05) is 39.5 Å². The molecule has 1 saturated heterocycles. The highest BCUT2D eigenvalue weighted by Crippen LogP contribution is 2.43. The van der Waals surface area contributed by atoms with Crippen molar-refractivity contribution in [3.05, 3.63) is 0 Å². The van der Waals surface area contributed by atoms with E-state index >= 15 is 0 Å². The first kappa shape index (κ1) is 15.3. The molecule has 2 aliphatic rings. The van der Waals surface area contributed by atoms with Crippen LogP contribution in [0.15, 0.2) is 0 Å². The fourth-order valence-corrected chi connectivity index (χ4v) is 3.69. The van der Waals surface area contributed by atoms with Crippen molar-refractivity contribution in [3.8, 4) is 0 Å². The van der Waals surface area contributed by atoms with Gasteiger partial charge in [-0.25, -0.2) is 0 Å². The highest BCUT2D eigenvalue weighted by molar-refractivity contribution is 4.93. The summed E-state index contributed by atoms with van der Waals surface area (Å²) >= 11 is 0. The molecule has 2 nitrogen and oxygen atoms in total. The molecule has 19 heavy (non-hydrogen) atoms. The quantitative estimate of drug-likeness (QED) is 0.743. The van der Waals surface area contributed by atoms with E-state index in [-0.39, 0.29) is 0 Å². The van der Waals surface area contributed by atoms with Gasteiger partial charge < -0.3 is 10.1 Å². The van der Waals surface area contributed by atoms with Crippen LogP contribution in [0.4, 0.5) is 0 Å². The molecule has 1 N–H and O–H groups in total. The molecule has 2 heteroatoms. The number of nitrogens with one attached hydrogen (secondary N) is 1. The lowest BCUT2D eigenvalue weighted by Gasteiger charge is -2.24. The maximum absolute atomic E-state index is 6.34. The second-order valence-corrected chi connectivity index (χ2v) is 7.30. The zero-order chi connectivity index (χ0) is 13.7. The first-order chi connectivity index (χ1) is 9.10. The Kier molecular flexibility index (Phi) is 5.70. The molecular formula is C17H33NO. The maximum Gasteiger partial charge on any atom is 0.0708 e. The lowest BCUT2D eigenvalue weighted by atomic mass is 9.98. The molecule has 0 bridgehead atoms. The summed E-state index contributed by atoms with van der Waals surface area (Å²) in [5.74, 6) is 0.840. The van der Waals surface area contributed by atoms with Gasteiger partial charge in [-0.2, -0.15) is 0 Å². The molecule has 0 amide bonds. The van der Waals surface area contributed by atoms with E-state index in [0.717, 1.165) is 12.5 Å². The van der Waals surface area contributed by atoms with E-state index in [1.165, 1.54) is 57.8 Å². The van der Waals surface area contributed by atoms with E-state index in [0.29, 0.717) is 17.7 Å². The highest BCUT2D eigenvalue weighted by atomic mass is 16.5. The van der Waals surface area contributed by atoms with Crippen LogP contribution in [0.2, 0.25) is 0 Å². The summed E-state index contributed by atoms with van der Waals surface area (Å²) in [5.41, 5.74) is 0.299. The first-order valence-corrected chi connectivity index (χ1v) is 8.51. The Balaban J connectivity index is 1.58. The molecule has 2 rings (SSSR count). The summed E-state index contributed by atoms with van der Waals surface area (Å²) in [7, 11) is 0. The summed E-state index contributed by atoms with van der Waals surface area (Å²) in [6.45, 7) is 8.00. The number of rotatable bonds is 7. The lowest BCUT2D eigenvalue weighted by molar-refractivity contribution is -0.0358. The second kappa shape index (κ2) is 7.08. The summed E-state index contributed by atoms with van der Waals surface area (Å²) < 4.78 is 6.34. The Morgan fingerprint density at radius 2 is 1.84 bits per heavy atom. The Morgan fingerprint density at radius 3 is 2.53 bits per heavy atom. The van der Waals surface area contributed by atoms with E-state index < -0.39 is 0 Å². The molecule has 2 unspecified atom stereocenters. The Morgan fingerprint density at radius 1 is 1.11 bits per heavy atom. The monoisotopic (exact) mass is 267 g/mol. The van der Waals surface area contributed by atoms with Crippen LogP contribution in [0.5, 0.6) is 0 Å². The van der Waals surface area contributed by atoms with E-state index in [4.69, 9.17) is 4.74 Å². The van der Waals surface area contributed by atoms with Gasteiger partial charge >= 0.3 is 0 Å². The minimum Gasteiger partial charge on any atom is -0.370 e. The van der Waals surface area contributed by atoms with Gasteiger partial charge in [0.25, 0.3) is 0 Å². The van der Waals surface area contributed by atoms with Gasteiger partial charge in [-0.3, -0.25) is 0 Å². The third-order valence-electron chi connectivity index (χ3n) is 4.97. The minimum absolute atomic E-state index is 0.299. The zero-order valence-corrected chi connectivity index (χ0v) is 13.2. The third-order valence-corrected chi connectivity index (χ3v) is 4.97. The lowest BCUT2D eigenvalue weighted by Crippen LogP contribution is -2.35. The normalized spacial score (nSPS) is 27.5. The highest BCUT2D eigenvalue weighted by Gasteiger charge is 2.41. The molecule has 1 aliphatic carbocycles. The molecular weight excluding hydrogens is 234 g/mol. The predicted molar refractivity (Wildman–Crippen MR) is 81.5 cm³/mol. The van der Waals surface area contributed by atoms with Crippen molar-refractivity contribution in [1.82, 2.24) is 5.32 Å². The summed E-state index contributed by atoms with van der Waals surface area (Å²) in [4.78, 5) is 0. The van der Waals surface area contributed by atoms with Gasteiger partial charge in [0.1, 0.15) is 0 Å². The average molecular weight is 267 g/mol. The van der Waals surface area contributed by atoms with Crippen molar-refractivity contribution < 1.29 is 4.74 Å². The van der Waals surface area contributed by atoms with Crippen molar-refractivity contribution >= 4 is 0 Å². The van der Waals surface area contributed by atoms with Crippen LogP contribution in [0.25, 0.3) is 0 Å². The zero-order valence-electron chi connectivity index (χ0n) is 13.2. The van der Waals surface area contributed by atoms with Gasteiger partial charge in [0.2, 0.25) is 0 Å². The van der Waals surface area contributed by atoms with Gasteiger partial charge in [-0.15, -0.1) is 0 Å². The molecule has 112 valence electrons. The predicted octanol–water partition coefficient (Wildman–Crippen LogP) is 4.28. The van der Waals surface area contributed by atoms with Crippen LogP contribution in [-0.2, 0) is 4.74 Å². The van der Waals surface area contributed by atoms with Crippen molar-refractivity contribution in [2.75, 3.05) is 6.54 Å². The molecule has 2 atom stereocenters. The molecule has 1 heterocycles. The standard InChI is InChI=1S/C17H33NO/c1-14(2)7-6-8-15(3)18-13-16-9-12-17(19-16)10-4-5-11-17/h14-16,18H,4-13H2,1-3H3. The molecule has 0 aromatic carbocycles. The van der Waals surface area contributed by atoms with Crippen molar-refractivity contribution in [3.63, 3.8) is 0 Å². The van der Waals surface area contributed by atoms with Crippen LogP contribution in [0, 0.1) is 5.92 Å². The summed E-state index contributed by atoms with van der Waals surface area (Å²) in [6, 6.07) is 0.641. The van der Waals surface area contributed by atoms with E-state index in [1.807, 2.05) is 0 Å². The van der Waals surface area contributed by atoms with Crippen LogP contribution < -0.4 is 5.32 Å². The molecule has 1 aliphatic heterocycles. The summed E-state index contributed by atoms with van der Waals surface area (Å²) in [6.07, 6.45) is 12.4. The SMILES string of the molecule is CC(C)CCCC(C)NCC1CCC2(CCCC2)O1. The molecule has 1 spiro atoms. The third kappa shape index (κ3) is 4.75. The van der Waals surface area contributed by atoms with Crippen molar-refractivity contribution in [2.45, 2.75) is 96.3 Å². The molecule has 0 aromatic rings. The molecule has 1 saturated carbocycles. The van der Waals surface area contributed by atoms with Gasteiger partial charge in [0.15, 0.2) is 0 Å². The van der Waals surface area contributed by atoms with E-state index in [1.54, 1.807) is 0 Å². The average Bonchev–Trinajstić information content (AvgIpc) is 2.97. The van der Waals surface area contributed by atoms with Crippen molar-refractivity contribution in [1.29, 1.82) is 0 Å². The van der Waals surface area contributed by atoms with Gasteiger partial charge in [0.05, 0.1) is 11.7 Å². The maximum atomic E-state index is 6.34. The minimum atomic E-state index is 0.299. The van der Waals surface area contributed by atoms with Crippen LogP contribution in [-0.4, -0.2) is 24.3 Å². The smallest absolute Gasteiger partial charge is 0.0708 e. The van der Waals surface area contributed by atoms with E-state index in [9.17, 15) is 0 Å². The van der Waals surface area contributed by atoms with Crippen LogP contribution in [0.3, 0.4) is 0 Å².